The normalized spacial score (nSPS) is 22.5. The molecule has 5 heteroatoms. The fourth-order valence-corrected chi connectivity index (χ4v) is 3.52. The van der Waals surface area contributed by atoms with E-state index < -0.39 is 0 Å². The quantitative estimate of drug-likeness (QED) is 0.751. The molecule has 0 bridgehead atoms. The van der Waals surface area contributed by atoms with Crippen molar-refractivity contribution in [3.05, 3.63) is 40.4 Å². The van der Waals surface area contributed by atoms with Crippen molar-refractivity contribution in [2.75, 3.05) is 40.3 Å². The van der Waals surface area contributed by atoms with Crippen molar-refractivity contribution in [2.45, 2.75) is 32.9 Å². The van der Waals surface area contributed by atoms with Crippen molar-refractivity contribution in [3.8, 4) is 0 Å². The summed E-state index contributed by atoms with van der Waals surface area (Å²) in [4.78, 5) is 19.5. The van der Waals surface area contributed by atoms with Gasteiger partial charge in [0.05, 0.1) is 0 Å². The molecule has 1 fully saturated rings. The number of hydrogen-bond acceptors (Lipinski definition) is 3. The number of hydrogen-bond donors (Lipinski definition) is 0. The van der Waals surface area contributed by atoms with Gasteiger partial charge in [0.25, 0.3) is 0 Å². The Kier molecular flexibility index (Phi) is 7.05. The Morgan fingerprint density at radius 2 is 1.76 bits per heavy atom. The van der Waals surface area contributed by atoms with E-state index in [0.717, 1.165) is 37.3 Å². The van der Waals surface area contributed by atoms with E-state index in [1.54, 1.807) is 0 Å². The third kappa shape index (κ3) is 5.56. The monoisotopic (exact) mass is 363 g/mol. The summed E-state index contributed by atoms with van der Waals surface area (Å²) in [6.45, 7) is 9.96. The summed E-state index contributed by atoms with van der Waals surface area (Å²) >= 11 is 5.92. The Bertz CT molecular complexity index is 600. The first kappa shape index (κ1) is 20.0. The Balaban J connectivity index is 2.01. The van der Waals surface area contributed by atoms with Crippen LogP contribution < -0.4 is 0 Å². The standard InChI is InChI=1S/C20H30ClN3O/c1-15(12-18-6-8-19(21)9-7-18)20(25)23-13-16(2)24(17(3)14-23)11-10-22(4)5/h6-9,12,16-17H,10-11,13-14H2,1-5H3/b15-12+. The molecule has 0 spiro atoms. The molecule has 2 atom stereocenters. The highest BCUT2D eigenvalue weighted by atomic mass is 35.5. The summed E-state index contributed by atoms with van der Waals surface area (Å²) in [6.07, 6.45) is 1.94. The Morgan fingerprint density at radius 1 is 1.20 bits per heavy atom. The Labute approximate surface area is 157 Å². The number of rotatable bonds is 5. The first-order chi connectivity index (χ1) is 11.8. The molecule has 4 nitrogen and oxygen atoms in total. The van der Waals surface area contributed by atoms with Gasteiger partial charge in [-0.1, -0.05) is 23.7 Å². The predicted molar refractivity (Wildman–Crippen MR) is 106 cm³/mol. The molecule has 0 saturated carbocycles. The minimum atomic E-state index is 0.126. The summed E-state index contributed by atoms with van der Waals surface area (Å²) < 4.78 is 0. The predicted octanol–water partition coefficient (Wildman–Crippen LogP) is 3.23. The molecular weight excluding hydrogens is 334 g/mol. The lowest BCUT2D eigenvalue weighted by molar-refractivity contribution is -0.131. The highest BCUT2D eigenvalue weighted by Gasteiger charge is 2.31. The van der Waals surface area contributed by atoms with E-state index in [-0.39, 0.29) is 5.91 Å². The van der Waals surface area contributed by atoms with E-state index in [1.807, 2.05) is 42.2 Å². The van der Waals surface area contributed by atoms with Crippen LogP contribution in [0.5, 0.6) is 0 Å². The fraction of sp³-hybridized carbons (Fsp3) is 0.550. The Hall–Kier alpha value is -1.36. The van der Waals surface area contributed by atoms with E-state index in [0.29, 0.717) is 17.1 Å². The lowest BCUT2D eigenvalue weighted by Crippen LogP contribution is -2.59. The highest BCUT2D eigenvalue weighted by Crippen LogP contribution is 2.19. The molecule has 1 aliphatic heterocycles. The molecule has 0 aromatic heterocycles. The van der Waals surface area contributed by atoms with Crippen LogP contribution in [0.3, 0.4) is 0 Å². The lowest BCUT2D eigenvalue weighted by Gasteiger charge is -2.45. The summed E-state index contributed by atoms with van der Waals surface area (Å²) in [5.74, 6) is 0.126. The Morgan fingerprint density at radius 3 is 2.28 bits per heavy atom. The van der Waals surface area contributed by atoms with E-state index in [9.17, 15) is 4.79 Å². The van der Waals surface area contributed by atoms with Crippen molar-refractivity contribution < 1.29 is 4.79 Å². The van der Waals surface area contributed by atoms with Crippen LogP contribution in [-0.4, -0.2) is 73.0 Å². The van der Waals surface area contributed by atoms with E-state index in [2.05, 4.69) is 37.7 Å². The van der Waals surface area contributed by atoms with Gasteiger partial charge >= 0.3 is 0 Å². The van der Waals surface area contributed by atoms with Crippen molar-refractivity contribution in [2.24, 2.45) is 0 Å². The van der Waals surface area contributed by atoms with E-state index >= 15 is 0 Å². The molecule has 1 aliphatic rings. The molecule has 1 aromatic rings. The number of carbonyl (C=O) groups is 1. The topological polar surface area (TPSA) is 26.8 Å². The first-order valence-corrected chi connectivity index (χ1v) is 9.29. The average molecular weight is 364 g/mol. The van der Waals surface area contributed by atoms with Crippen LogP contribution in [0.25, 0.3) is 6.08 Å². The average Bonchev–Trinajstić information content (AvgIpc) is 2.55. The zero-order chi connectivity index (χ0) is 18.6. The lowest BCUT2D eigenvalue weighted by atomic mass is 10.1. The van der Waals surface area contributed by atoms with Gasteiger partial charge in [-0.3, -0.25) is 9.69 Å². The van der Waals surface area contributed by atoms with Gasteiger partial charge in [-0.2, -0.15) is 0 Å². The van der Waals surface area contributed by atoms with E-state index in [4.69, 9.17) is 11.6 Å². The van der Waals surface area contributed by atoms with E-state index in [1.165, 1.54) is 0 Å². The van der Waals surface area contributed by atoms with Gasteiger partial charge in [0.15, 0.2) is 0 Å². The number of likely N-dealkylation sites (N-methyl/N-ethyl adjacent to an activating group) is 1. The second-order valence-electron chi connectivity index (χ2n) is 7.33. The van der Waals surface area contributed by atoms with Crippen LogP contribution in [0.4, 0.5) is 0 Å². The molecule has 0 aliphatic carbocycles. The molecule has 0 N–H and O–H groups in total. The summed E-state index contributed by atoms with van der Waals surface area (Å²) in [7, 11) is 4.19. The second-order valence-corrected chi connectivity index (χ2v) is 7.76. The van der Waals surface area contributed by atoms with Crippen LogP contribution in [0.15, 0.2) is 29.8 Å². The largest absolute Gasteiger partial charge is 0.336 e. The van der Waals surface area contributed by atoms with Crippen LogP contribution in [0, 0.1) is 0 Å². The van der Waals surface area contributed by atoms with Gasteiger partial charge in [-0.15, -0.1) is 0 Å². The number of benzene rings is 1. The smallest absolute Gasteiger partial charge is 0.249 e. The SMILES string of the molecule is C/C(=C\c1ccc(Cl)cc1)C(=O)N1CC(C)N(CCN(C)C)C(C)C1. The molecule has 2 rings (SSSR count). The van der Waals surface area contributed by atoms with Gasteiger partial charge in [0.2, 0.25) is 5.91 Å². The second kappa shape index (κ2) is 8.84. The number of amides is 1. The molecule has 1 saturated heterocycles. The molecule has 138 valence electrons. The maximum Gasteiger partial charge on any atom is 0.249 e. The molecule has 1 amide bonds. The van der Waals surface area contributed by atoms with Crippen molar-refractivity contribution in [1.82, 2.24) is 14.7 Å². The number of carbonyl (C=O) groups excluding carboxylic acids is 1. The number of halogens is 1. The van der Waals surface area contributed by atoms with Crippen molar-refractivity contribution in [3.63, 3.8) is 0 Å². The van der Waals surface area contributed by atoms with Gasteiger partial charge in [0, 0.05) is 48.9 Å². The first-order valence-electron chi connectivity index (χ1n) is 8.91. The van der Waals surface area contributed by atoms with Crippen LogP contribution in [0.2, 0.25) is 5.02 Å². The molecule has 2 unspecified atom stereocenters. The van der Waals surface area contributed by atoms with Crippen LogP contribution in [0.1, 0.15) is 26.3 Å². The molecule has 1 heterocycles. The number of piperazine rings is 1. The van der Waals surface area contributed by atoms with Gasteiger partial charge in [-0.05, 0) is 58.6 Å². The van der Waals surface area contributed by atoms with Gasteiger partial charge in [-0.25, -0.2) is 0 Å². The fourth-order valence-electron chi connectivity index (χ4n) is 3.40. The van der Waals surface area contributed by atoms with Gasteiger partial charge < -0.3 is 9.80 Å². The summed E-state index contributed by atoms with van der Waals surface area (Å²) in [6, 6.07) is 8.30. The minimum absolute atomic E-state index is 0.126. The van der Waals surface area contributed by atoms with Crippen molar-refractivity contribution in [1.29, 1.82) is 0 Å². The maximum absolute atomic E-state index is 12.8. The third-order valence-electron chi connectivity index (χ3n) is 4.78. The molecule has 25 heavy (non-hydrogen) atoms. The molecule has 0 radical (unpaired) electrons. The van der Waals surface area contributed by atoms with Crippen molar-refractivity contribution >= 4 is 23.6 Å². The van der Waals surface area contributed by atoms with Gasteiger partial charge in [0.1, 0.15) is 0 Å². The summed E-state index contributed by atoms with van der Waals surface area (Å²) in [5, 5.41) is 0.706. The zero-order valence-electron chi connectivity index (χ0n) is 16.0. The van der Waals surface area contributed by atoms with Crippen LogP contribution >= 0.6 is 11.6 Å². The number of nitrogens with zero attached hydrogens (tertiary/aromatic N) is 3. The minimum Gasteiger partial charge on any atom is -0.336 e. The maximum atomic E-state index is 12.8. The highest BCUT2D eigenvalue weighted by molar-refractivity contribution is 6.30. The third-order valence-corrected chi connectivity index (χ3v) is 5.04. The molecule has 1 aromatic carbocycles. The summed E-state index contributed by atoms with van der Waals surface area (Å²) in [5.41, 5.74) is 1.77. The molecular formula is C20H30ClN3O. The zero-order valence-corrected chi connectivity index (χ0v) is 16.8. The van der Waals surface area contributed by atoms with Crippen LogP contribution in [-0.2, 0) is 4.79 Å².